The van der Waals surface area contributed by atoms with Crippen LogP contribution in [0.15, 0.2) is 36.0 Å². The first-order chi connectivity index (χ1) is 8.83. The zero-order valence-electron chi connectivity index (χ0n) is 11.3. The van der Waals surface area contributed by atoms with E-state index in [1.165, 1.54) is 51.4 Å². The average molecular weight is 260 g/mol. The minimum Gasteiger partial charge on any atom is -0.134 e. The van der Waals surface area contributed by atoms with Crippen LogP contribution < -0.4 is 0 Å². The molecule has 18 heavy (non-hydrogen) atoms. The summed E-state index contributed by atoms with van der Waals surface area (Å²) in [5.41, 5.74) is 2.81. The summed E-state index contributed by atoms with van der Waals surface area (Å²) in [7, 11) is 3.14. The molecule has 0 aliphatic heterocycles. The van der Waals surface area contributed by atoms with Gasteiger partial charge in [-0.1, -0.05) is 48.8 Å². The molecule has 0 bridgehead atoms. The molecular formula is C17H25P. The van der Waals surface area contributed by atoms with Crippen LogP contribution in [0.1, 0.15) is 51.4 Å². The lowest BCUT2D eigenvalue weighted by Crippen LogP contribution is -2.36. The summed E-state index contributed by atoms with van der Waals surface area (Å²) >= 11 is 0. The van der Waals surface area contributed by atoms with Crippen molar-refractivity contribution in [2.24, 2.45) is 11.3 Å². The molecule has 3 aliphatic rings. The number of hydrogen-bond acceptors (Lipinski definition) is 0. The van der Waals surface area contributed by atoms with Gasteiger partial charge in [-0.25, -0.2) is 0 Å². The van der Waals surface area contributed by atoms with E-state index in [-0.39, 0.29) is 5.41 Å². The van der Waals surface area contributed by atoms with Crippen molar-refractivity contribution in [1.82, 2.24) is 0 Å². The Morgan fingerprint density at radius 2 is 1.78 bits per heavy atom. The Kier molecular flexibility index (Phi) is 3.76. The van der Waals surface area contributed by atoms with Crippen molar-refractivity contribution in [3.63, 3.8) is 0 Å². The van der Waals surface area contributed by atoms with E-state index in [1.807, 2.05) is 0 Å². The monoisotopic (exact) mass is 260 g/mol. The van der Waals surface area contributed by atoms with Crippen LogP contribution in [0.3, 0.4) is 0 Å². The Morgan fingerprint density at radius 1 is 1.00 bits per heavy atom. The lowest BCUT2D eigenvalue weighted by Gasteiger charge is -2.44. The largest absolute Gasteiger partial charge is 0.134 e. The molecule has 0 heterocycles. The number of hydrogen-bond donors (Lipinski definition) is 0. The van der Waals surface area contributed by atoms with Crippen LogP contribution in [0.2, 0.25) is 0 Å². The van der Waals surface area contributed by atoms with Crippen molar-refractivity contribution in [2.45, 2.75) is 57.0 Å². The van der Waals surface area contributed by atoms with Crippen LogP contribution in [-0.4, -0.2) is 5.66 Å². The van der Waals surface area contributed by atoms with Crippen LogP contribution in [0, 0.1) is 11.3 Å². The second kappa shape index (κ2) is 5.33. The van der Waals surface area contributed by atoms with Crippen molar-refractivity contribution >= 4 is 9.24 Å². The van der Waals surface area contributed by atoms with E-state index in [9.17, 15) is 0 Å². The van der Waals surface area contributed by atoms with Gasteiger partial charge < -0.3 is 0 Å². The highest BCUT2D eigenvalue weighted by molar-refractivity contribution is 7.17. The fourth-order valence-electron chi connectivity index (χ4n) is 4.17. The first-order valence-electron chi connectivity index (χ1n) is 7.65. The minimum atomic E-state index is 0.285. The van der Waals surface area contributed by atoms with Crippen molar-refractivity contribution in [3.05, 3.63) is 36.0 Å². The Bertz CT molecular complexity index is 376. The topological polar surface area (TPSA) is 0 Å². The zero-order chi connectivity index (χ0) is 12.4. The van der Waals surface area contributed by atoms with E-state index < -0.39 is 0 Å². The van der Waals surface area contributed by atoms with Crippen LogP contribution in [0.25, 0.3) is 0 Å². The summed E-state index contributed by atoms with van der Waals surface area (Å²) in [6, 6.07) is 0. The third-order valence-electron chi connectivity index (χ3n) is 5.14. The summed E-state index contributed by atoms with van der Waals surface area (Å²) in [5.74, 6) is 0.815. The molecule has 3 aliphatic carbocycles. The Morgan fingerprint density at radius 3 is 2.44 bits per heavy atom. The predicted molar refractivity (Wildman–Crippen MR) is 82.7 cm³/mol. The molecule has 3 rings (SSSR count). The van der Waals surface area contributed by atoms with Crippen LogP contribution in [0.4, 0.5) is 0 Å². The highest BCUT2D eigenvalue weighted by atomic mass is 31.0. The Balaban J connectivity index is 1.93. The predicted octanol–water partition coefficient (Wildman–Crippen LogP) is 5.03. The van der Waals surface area contributed by atoms with Crippen LogP contribution in [0.5, 0.6) is 0 Å². The third-order valence-corrected chi connectivity index (χ3v) is 5.93. The molecule has 0 spiro atoms. The first kappa shape index (κ1) is 12.7. The lowest BCUT2D eigenvalue weighted by molar-refractivity contribution is 0.257. The molecule has 0 aromatic heterocycles. The minimum absolute atomic E-state index is 0.285. The summed E-state index contributed by atoms with van der Waals surface area (Å²) in [6.07, 6.45) is 23.2. The fraction of sp³-hybridized carbons (Fsp3) is 0.647. The van der Waals surface area contributed by atoms with Crippen LogP contribution >= 0.6 is 9.24 Å². The third kappa shape index (κ3) is 2.14. The van der Waals surface area contributed by atoms with E-state index in [0.29, 0.717) is 0 Å². The zero-order valence-corrected chi connectivity index (χ0v) is 12.4. The van der Waals surface area contributed by atoms with Crippen molar-refractivity contribution < 1.29 is 0 Å². The van der Waals surface area contributed by atoms with E-state index >= 15 is 0 Å². The molecule has 3 atom stereocenters. The van der Waals surface area contributed by atoms with E-state index in [2.05, 4.69) is 39.6 Å². The van der Waals surface area contributed by atoms with Gasteiger partial charge in [0.05, 0.1) is 0 Å². The molecule has 98 valence electrons. The van der Waals surface area contributed by atoms with Gasteiger partial charge in [0.2, 0.25) is 0 Å². The molecule has 0 nitrogen and oxygen atoms in total. The van der Waals surface area contributed by atoms with Crippen molar-refractivity contribution in [2.75, 3.05) is 0 Å². The van der Waals surface area contributed by atoms with Crippen molar-refractivity contribution in [1.29, 1.82) is 0 Å². The van der Waals surface area contributed by atoms with Gasteiger partial charge in [0.15, 0.2) is 0 Å². The fourth-order valence-corrected chi connectivity index (χ4v) is 4.92. The van der Waals surface area contributed by atoms with Gasteiger partial charge in [-0.2, -0.15) is 0 Å². The van der Waals surface area contributed by atoms with Gasteiger partial charge in [0.25, 0.3) is 0 Å². The molecule has 0 amide bonds. The molecule has 1 heteroatoms. The molecule has 0 N–H and O–H groups in total. The van der Waals surface area contributed by atoms with Crippen LogP contribution in [-0.2, 0) is 0 Å². The molecule has 1 saturated carbocycles. The normalized spacial score (nSPS) is 34.6. The standard InChI is InChI=1S/C17H25P/c18-16-11-5-4-10-15(16)17(12-6-7-13-17)14-8-2-1-3-9-14/h6-8,12-13,15-16H,1-5,9-11,18H2. The Labute approximate surface area is 114 Å². The summed E-state index contributed by atoms with van der Waals surface area (Å²) in [6.45, 7) is 0. The number of allylic oxidation sites excluding steroid dienone is 6. The molecule has 0 aromatic carbocycles. The summed E-state index contributed by atoms with van der Waals surface area (Å²) in [5, 5.41) is 0. The maximum Gasteiger partial charge on any atom is 0.0311 e. The SMILES string of the molecule is PC1CCCCC1C1(C2=CCCCC2)C=CC=C1. The Hall–Kier alpha value is -0.350. The van der Waals surface area contributed by atoms with Gasteiger partial charge >= 0.3 is 0 Å². The molecule has 0 saturated heterocycles. The van der Waals surface area contributed by atoms with E-state index in [0.717, 1.165) is 11.6 Å². The van der Waals surface area contributed by atoms with Gasteiger partial charge in [-0.3, -0.25) is 0 Å². The quantitative estimate of drug-likeness (QED) is 0.482. The maximum absolute atomic E-state index is 3.14. The molecule has 0 aromatic rings. The smallest absolute Gasteiger partial charge is 0.0311 e. The van der Waals surface area contributed by atoms with Gasteiger partial charge in [0, 0.05) is 5.41 Å². The maximum atomic E-state index is 3.14. The molecule has 1 fully saturated rings. The van der Waals surface area contributed by atoms with Gasteiger partial charge in [-0.15, -0.1) is 9.24 Å². The van der Waals surface area contributed by atoms with Gasteiger partial charge in [0.1, 0.15) is 0 Å². The van der Waals surface area contributed by atoms with Crippen molar-refractivity contribution in [3.8, 4) is 0 Å². The van der Waals surface area contributed by atoms with Gasteiger partial charge in [-0.05, 0) is 50.1 Å². The average Bonchev–Trinajstić information content (AvgIpc) is 2.91. The molecular weight excluding hydrogens is 235 g/mol. The number of rotatable bonds is 2. The second-order valence-corrected chi connectivity index (χ2v) is 7.04. The highest BCUT2D eigenvalue weighted by Gasteiger charge is 2.42. The van der Waals surface area contributed by atoms with E-state index in [4.69, 9.17) is 0 Å². The highest BCUT2D eigenvalue weighted by Crippen LogP contribution is 2.52. The van der Waals surface area contributed by atoms with E-state index in [1.54, 1.807) is 5.57 Å². The first-order valence-corrected chi connectivity index (χ1v) is 8.32. The lowest BCUT2D eigenvalue weighted by atomic mass is 9.63. The molecule has 0 radical (unpaired) electrons. The second-order valence-electron chi connectivity index (χ2n) is 6.18. The summed E-state index contributed by atoms with van der Waals surface area (Å²) < 4.78 is 0. The molecule has 3 unspecified atom stereocenters. The summed E-state index contributed by atoms with van der Waals surface area (Å²) in [4.78, 5) is 0.